The first-order chi connectivity index (χ1) is 14.4. The van der Waals surface area contributed by atoms with Crippen molar-refractivity contribution in [3.8, 4) is 5.69 Å². The Labute approximate surface area is 173 Å². The second-order valence-electron chi connectivity index (χ2n) is 7.18. The molecule has 1 aromatic carbocycles. The van der Waals surface area contributed by atoms with Gasteiger partial charge in [-0.1, -0.05) is 37.5 Å². The molecule has 1 fully saturated rings. The van der Waals surface area contributed by atoms with E-state index in [1.54, 1.807) is 31.2 Å². The maximum absolute atomic E-state index is 12.3. The molecule has 1 saturated carbocycles. The van der Waals surface area contributed by atoms with Crippen LogP contribution in [0.5, 0.6) is 0 Å². The first-order valence-corrected chi connectivity index (χ1v) is 9.88. The fourth-order valence-corrected chi connectivity index (χ4v) is 3.35. The molecular formula is C21H24N4O5. The molecule has 3 amide bonds. The van der Waals surface area contributed by atoms with Crippen LogP contribution in [0, 0.1) is 6.92 Å². The summed E-state index contributed by atoms with van der Waals surface area (Å²) >= 11 is 0. The molecule has 2 aromatic rings. The molecule has 0 bridgehead atoms. The summed E-state index contributed by atoms with van der Waals surface area (Å²) in [5, 5.41) is 8.93. The smallest absolute Gasteiger partial charge is 0.363 e. The van der Waals surface area contributed by atoms with E-state index >= 15 is 0 Å². The van der Waals surface area contributed by atoms with Crippen molar-refractivity contribution in [3.63, 3.8) is 0 Å². The summed E-state index contributed by atoms with van der Waals surface area (Å²) in [5.74, 6) is -1.82. The Morgan fingerprint density at radius 3 is 2.53 bits per heavy atom. The third-order valence-corrected chi connectivity index (χ3v) is 4.83. The number of esters is 1. The highest BCUT2D eigenvalue weighted by atomic mass is 16.5. The lowest BCUT2D eigenvalue weighted by molar-refractivity contribution is -0.123. The summed E-state index contributed by atoms with van der Waals surface area (Å²) in [4.78, 5) is 48.2. The molecule has 2 N–H and O–H groups in total. The number of hydrogen-bond donors (Lipinski definition) is 2. The molecule has 9 nitrogen and oxygen atoms in total. The Morgan fingerprint density at radius 2 is 1.83 bits per heavy atom. The second kappa shape index (κ2) is 9.82. The molecule has 1 aromatic heterocycles. The highest BCUT2D eigenvalue weighted by molar-refractivity contribution is 5.96. The van der Waals surface area contributed by atoms with Crippen molar-refractivity contribution >= 4 is 17.9 Å². The molecule has 0 radical (unpaired) electrons. The van der Waals surface area contributed by atoms with E-state index in [-0.39, 0.29) is 6.04 Å². The summed E-state index contributed by atoms with van der Waals surface area (Å²) in [6, 6.07) is 9.68. The highest BCUT2D eigenvalue weighted by Gasteiger charge is 2.20. The van der Waals surface area contributed by atoms with Gasteiger partial charge in [-0.2, -0.15) is 5.10 Å². The van der Waals surface area contributed by atoms with Crippen LogP contribution in [0.25, 0.3) is 5.69 Å². The van der Waals surface area contributed by atoms with Crippen LogP contribution in [0.15, 0.2) is 41.2 Å². The lowest BCUT2D eigenvalue weighted by atomic mass is 9.96. The average Bonchev–Trinajstić information content (AvgIpc) is 2.73. The van der Waals surface area contributed by atoms with E-state index in [1.165, 1.54) is 10.7 Å². The van der Waals surface area contributed by atoms with Gasteiger partial charge in [-0.15, -0.1) is 0 Å². The van der Waals surface area contributed by atoms with Gasteiger partial charge in [0.15, 0.2) is 6.61 Å². The molecule has 0 unspecified atom stereocenters. The van der Waals surface area contributed by atoms with Crippen molar-refractivity contribution < 1.29 is 19.1 Å². The molecule has 9 heteroatoms. The quantitative estimate of drug-likeness (QED) is 0.724. The van der Waals surface area contributed by atoms with E-state index in [9.17, 15) is 19.2 Å². The van der Waals surface area contributed by atoms with E-state index in [0.717, 1.165) is 32.1 Å². The number of carbonyl (C=O) groups is 3. The molecular weight excluding hydrogens is 388 g/mol. The maximum Gasteiger partial charge on any atom is 0.363 e. The summed E-state index contributed by atoms with van der Waals surface area (Å²) in [5.41, 5.74) is 0.157. The van der Waals surface area contributed by atoms with Crippen molar-refractivity contribution in [1.82, 2.24) is 20.4 Å². The minimum absolute atomic E-state index is 0.0438. The molecule has 3 rings (SSSR count). The van der Waals surface area contributed by atoms with Gasteiger partial charge in [-0.3, -0.25) is 14.9 Å². The number of amides is 3. The molecule has 0 spiro atoms. The summed E-state index contributed by atoms with van der Waals surface area (Å²) < 4.78 is 6.33. The number of hydrogen-bond acceptors (Lipinski definition) is 6. The van der Waals surface area contributed by atoms with Gasteiger partial charge in [0.1, 0.15) is 0 Å². The minimum atomic E-state index is -1.03. The van der Waals surface area contributed by atoms with E-state index < -0.39 is 35.6 Å². The number of para-hydroxylation sites is 1. The number of urea groups is 1. The van der Waals surface area contributed by atoms with Gasteiger partial charge in [-0.25, -0.2) is 14.3 Å². The topological polar surface area (TPSA) is 119 Å². The molecule has 1 aliphatic rings. The van der Waals surface area contributed by atoms with Crippen molar-refractivity contribution in [3.05, 3.63) is 58.0 Å². The maximum atomic E-state index is 12.3. The standard InChI is InChI=1S/C21H24N4O5/c1-14-12-17(26)19(24-25(14)16-10-6-3-7-11-16)20(28)30-13-18(27)23-21(29)22-15-8-4-2-5-9-15/h3,6-7,10-12,15H,2,4-5,8-9,13H2,1H3,(H2,22,23,27,29). The van der Waals surface area contributed by atoms with Gasteiger partial charge in [0.25, 0.3) is 5.91 Å². The van der Waals surface area contributed by atoms with Crippen LogP contribution in [0.2, 0.25) is 0 Å². The van der Waals surface area contributed by atoms with E-state index in [2.05, 4.69) is 15.7 Å². The van der Waals surface area contributed by atoms with Crippen molar-refractivity contribution in [1.29, 1.82) is 0 Å². The number of ether oxygens (including phenoxy) is 1. The number of aryl methyl sites for hydroxylation is 1. The first kappa shape index (κ1) is 21.2. The molecule has 1 heterocycles. The van der Waals surface area contributed by atoms with Gasteiger partial charge >= 0.3 is 12.0 Å². The Bertz CT molecular complexity index is 981. The number of rotatable bonds is 5. The fraction of sp³-hybridized carbons (Fsp3) is 0.381. The number of aromatic nitrogens is 2. The lowest BCUT2D eigenvalue weighted by Gasteiger charge is -2.22. The third-order valence-electron chi connectivity index (χ3n) is 4.83. The van der Waals surface area contributed by atoms with Gasteiger partial charge in [0.05, 0.1) is 5.69 Å². The second-order valence-corrected chi connectivity index (χ2v) is 7.18. The summed E-state index contributed by atoms with van der Waals surface area (Å²) in [6.45, 7) is 0.992. The van der Waals surface area contributed by atoms with Crippen molar-refractivity contribution in [2.24, 2.45) is 0 Å². The van der Waals surface area contributed by atoms with E-state index in [0.29, 0.717) is 11.4 Å². The van der Waals surface area contributed by atoms with Crippen LogP contribution >= 0.6 is 0 Å². The Balaban J connectivity index is 1.58. The summed E-state index contributed by atoms with van der Waals surface area (Å²) in [6.07, 6.45) is 4.99. The number of carbonyl (C=O) groups excluding carboxylic acids is 3. The molecule has 0 saturated heterocycles. The zero-order chi connectivity index (χ0) is 21.5. The zero-order valence-electron chi connectivity index (χ0n) is 16.7. The molecule has 30 heavy (non-hydrogen) atoms. The Morgan fingerprint density at radius 1 is 1.13 bits per heavy atom. The molecule has 158 valence electrons. The van der Waals surface area contributed by atoms with Crippen LogP contribution in [-0.2, 0) is 9.53 Å². The highest BCUT2D eigenvalue weighted by Crippen LogP contribution is 2.17. The van der Waals surface area contributed by atoms with Gasteiger partial charge in [0.2, 0.25) is 11.1 Å². The van der Waals surface area contributed by atoms with Crippen molar-refractivity contribution in [2.45, 2.75) is 45.1 Å². The minimum Gasteiger partial charge on any atom is -0.451 e. The average molecular weight is 412 g/mol. The number of imide groups is 1. The monoisotopic (exact) mass is 412 g/mol. The number of nitrogens with one attached hydrogen (secondary N) is 2. The third kappa shape index (κ3) is 5.53. The SMILES string of the molecule is Cc1cc(=O)c(C(=O)OCC(=O)NC(=O)NC2CCCCC2)nn1-c1ccccc1. The van der Waals surface area contributed by atoms with Crippen LogP contribution < -0.4 is 16.1 Å². The predicted octanol–water partition coefficient (Wildman–Crippen LogP) is 1.86. The summed E-state index contributed by atoms with van der Waals surface area (Å²) in [7, 11) is 0. The number of benzene rings is 1. The van der Waals surface area contributed by atoms with E-state index in [4.69, 9.17) is 4.74 Å². The Hall–Kier alpha value is -3.49. The van der Waals surface area contributed by atoms with Gasteiger partial charge < -0.3 is 10.1 Å². The van der Waals surface area contributed by atoms with Crippen LogP contribution in [0.1, 0.15) is 48.3 Å². The predicted molar refractivity (Wildman–Crippen MR) is 108 cm³/mol. The van der Waals surface area contributed by atoms with Crippen LogP contribution in [-0.4, -0.2) is 40.3 Å². The zero-order valence-corrected chi connectivity index (χ0v) is 16.7. The molecule has 0 atom stereocenters. The lowest BCUT2D eigenvalue weighted by Crippen LogP contribution is -2.46. The Kier molecular flexibility index (Phi) is 6.95. The molecule has 0 aliphatic heterocycles. The fourth-order valence-electron chi connectivity index (χ4n) is 3.35. The van der Waals surface area contributed by atoms with Crippen LogP contribution in [0.4, 0.5) is 4.79 Å². The van der Waals surface area contributed by atoms with E-state index in [1.807, 2.05) is 6.07 Å². The largest absolute Gasteiger partial charge is 0.451 e. The van der Waals surface area contributed by atoms with Gasteiger partial charge in [0, 0.05) is 17.8 Å². The normalized spacial score (nSPS) is 14.0. The molecule has 1 aliphatic carbocycles. The number of nitrogens with zero attached hydrogens (tertiary/aromatic N) is 2. The first-order valence-electron chi connectivity index (χ1n) is 9.88. The van der Waals surface area contributed by atoms with Gasteiger partial charge in [-0.05, 0) is 31.9 Å². The van der Waals surface area contributed by atoms with Crippen molar-refractivity contribution in [2.75, 3.05) is 6.61 Å². The van der Waals surface area contributed by atoms with Crippen LogP contribution in [0.3, 0.4) is 0 Å².